The second kappa shape index (κ2) is 8.18. The van der Waals surface area contributed by atoms with Crippen molar-refractivity contribution in [2.45, 2.75) is 38.5 Å². The molecular formula is C27H28N2O2. The van der Waals surface area contributed by atoms with Gasteiger partial charge in [-0.2, -0.15) is 0 Å². The summed E-state index contributed by atoms with van der Waals surface area (Å²) < 4.78 is 0. The van der Waals surface area contributed by atoms with Crippen LogP contribution >= 0.6 is 0 Å². The quantitative estimate of drug-likeness (QED) is 0.697. The predicted octanol–water partition coefficient (Wildman–Crippen LogP) is 5.18. The lowest BCUT2D eigenvalue weighted by Crippen LogP contribution is -2.54. The van der Waals surface area contributed by atoms with Crippen LogP contribution in [0.1, 0.15) is 44.1 Å². The van der Waals surface area contributed by atoms with Gasteiger partial charge in [-0.3, -0.25) is 14.5 Å². The molecule has 31 heavy (non-hydrogen) atoms. The maximum Gasteiger partial charge on any atom is 0.235 e. The van der Waals surface area contributed by atoms with E-state index in [0.29, 0.717) is 19.4 Å². The molecule has 2 amide bonds. The fourth-order valence-electron chi connectivity index (χ4n) is 5.35. The number of piperidine rings is 1. The van der Waals surface area contributed by atoms with Crippen molar-refractivity contribution in [3.05, 3.63) is 84.1 Å². The molecule has 1 fully saturated rings. The van der Waals surface area contributed by atoms with Crippen LogP contribution in [0, 0.1) is 5.41 Å². The molecule has 0 saturated carbocycles. The van der Waals surface area contributed by atoms with Gasteiger partial charge >= 0.3 is 0 Å². The zero-order valence-electron chi connectivity index (χ0n) is 17.8. The minimum absolute atomic E-state index is 0.0904. The lowest BCUT2D eigenvalue weighted by molar-refractivity contribution is -0.142. The van der Waals surface area contributed by atoms with E-state index in [1.807, 2.05) is 46.2 Å². The molecule has 2 aliphatic heterocycles. The first-order chi connectivity index (χ1) is 15.2. The third-order valence-electron chi connectivity index (χ3n) is 6.96. The van der Waals surface area contributed by atoms with Gasteiger partial charge in [-0.1, -0.05) is 60.7 Å². The van der Waals surface area contributed by atoms with Gasteiger partial charge in [-0.15, -0.1) is 0 Å². The first kappa shape index (κ1) is 19.8. The Labute approximate surface area is 183 Å². The Hall–Kier alpha value is -3.14. The van der Waals surface area contributed by atoms with Crippen LogP contribution in [0.2, 0.25) is 0 Å². The highest BCUT2D eigenvalue weighted by molar-refractivity contribution is 6.02. The molecule has 2 heterocycles. The standard InChI is InChI=1S/C27H28N2O2/c30-25-14-18-27(17-8-7-13-24(27)29(25)23-11-5-2-6-12-23)26(31)28-19-15-22(16-20-28)21-9-3-1-4-10-21/h1-6,9-13,15H,7-8,14,16-20H2. The third-order valence-corrected chi connectivity index (χ3v) is 6.96. The zero-order valence-corrected chi connectivity index (χ0v) is 17.8. The van der Waals surface area contributed by atoms with Gasteiger partial charge in [0.15, 0.2) is 0 Å². The van der Waals surface area contributed by atoms with E-state index < -0.39 is 5.41 Å². The van der Waals surface area contributed by atoms with Gasteiger partial charge in [0, 0.05) is 30.9 Å². The van der Waals surface area contributed by atoms with Crippen molar-refractivity contribution >= 4 is 23.1 Å². The molecule has 0 spiro atoms. The Morgan fingerprint density at radius 3 is 2.32 bits per heavy atom. The topological polar surface area (TPSA) is 40.6 Å². The number of hydrogen-bond donors (Lipinski definition) is 0. The number of anilines is 1. The average Bonchev–Trinajstić information content (AvgIpc) is 2.85. The normalized spacial score (nSPS) is 23.7. The maximum absolute atomic E-state index is 14.0. The second-order valence-electron chi connectivity index (χ2n) is 8.72. The first-order valence-electron chi connectivity index (χ1n) is 11.3. The van der Waals surface area contributed by atoms with E-state index in [9.17, 15) is 9.59 Å². The van der Waals surface area contributed by atoms with Gasteiger partial charge < -0.3 is 4.90 Å². The summed E-state index contributed by atoms with van der Waals surface area (Å²) >= 11 is 0. The Kier molecular flexibility index (Phi) is 5.23. The predicted molar refractivity (Wildman–Crippen MR) is 123 cm³/mol. The van der Waals surface area contributed by atoms with Crippen LogP contribution in [0.25, 0.3) is 5.57 Å². The highest BCUT2D eigenvalue weighted by Crippen LogP contribution is 2.49. The number of carbonyl (C=O) groups excluding carboxylic acids is 2. The van der Waals surface area contributed by atoms with E-state index in [1.54, 1.807) is 0 Å². The van der Waals surface area contributed by atoms with Gasteiger partial charge in [-0.05, 0) is 55.4 Å². The molecular weight excluding hydrogens is 384 g/mol. The van der Waals surface area contributed by atoms with E-state index in [1.165, 1.54) is 11.1 Å². The molecule has 1 atom stereocenters. The van der Waals surface area contributed by atoms with Crippen LogP contribution < -0.4 is 4.90 Å². The van der Waals surface area contributed by atoms with Gasteiger partial charge in [0.1, 0.15) is 0 Å². The summed E-state index contributed by atoms with van der Waals surface area (Å²) in [6, 6.07) is 20.2. The molecule has 4 heteroatoms. The van der Waals surface area contributed by atoms with E-state index in [-0.39, 0.29) is 11.8 Å². The molecule has 4 nitrogen and oxygen atoms in total. The van der Waals surface area contributed by atoms with Crippen molar-refractivity contribution < 1.29 is 9.59 Å². The number of benzene rings is 2. The molecule has 1 aliphatic carbocycles. The summed E-state index contributed by atoms with van der Waals surface area (Å²) in [7, 11) is 0. The number of para-hydroxylation sites is 1. The molecule has 2 aromatic carbocycles. The maximum atomic E-state index is 14.0. The molecule has 0 radical (unpaired) electrons. The van der Waals surface area contributed by atoms with Crippen molar-refractivity contribution in [2.75, 3.05) is 18.0 Å². The summed E-state index contributed by atoms with van der Waals surface area (Å²) in [4.78, 5) is 30.7. The van der Waals surface area contributed by atoms with Crippen molar-refractivity contribution in [1.82, 2.24) is 4.90 Å². The van der Waals surface area contributed by atoms with E-state index in [2.05, 4.69) is 36.4 Å². The molecule has 158 valence electrons. The van der Waals surface area contributed by atoms with Crippen LogP contribution in [0.5, 0.6) is 0 Å². The molecule has 3 aliphatic rings. The Bertz CT molecular complexity index is 1040. The number of carbonyl (C=O) groups is 2. The number of amides is 2. The van der Waals surface area contributed by atoms with Gasteiger partial charge in [0.05, 0.1) is 5.41 Å². The number of hydrogen-bond acceptors (Lipinski definition) is 2. The summed E-state index contributed by atoms with van der Waals surface area (Å²) in [6.07, 6.45) is 8.96. The molecule has 0 bridgehead atoms. The second-order valence-corrected chi connectivity index (χ2v) is 8.72. The SMILES string of the molecule is O=C1CCC2(C(=O)N3CC=C(c4ccccc4)CC3)CCCC=C2N1c1ccccc1. The average molecular weight is 413 g/mol. The number of rotatable bonds is 3. The lowest BCUT2D eigenvalue weighted by atomic mass is 9.68. The fourth-order valence-corrected chi connectivity index (χ4v) is 5.35. The minimum atomic E-state index is -0.583. The molecule has 2 aromatic rings. The summed E-state index contributed by atoms with van der Waals surface area (Å²) in [5.74, 6) is 0.280. The van der Waals surface area contributed by atoms with Crippen LogP contribution in [-0.2, 0) is 9.59 Å². The van der Waals surface area contributed by atoms with Crippen LogP contribution in [-0.4, -0.2) is 29.8 Å². The third kappa shape index (κ3) is 3.50. The van der Waals surface area contributed by atoms with Crippen molar-refractivity contribution in [2.24, 2.45) is 5.41 Å². The monoisotopic (exact) mass is 412 g/mol. The van der Waals surface area contributed by atoms with Crippen molar-refractivity contribution in [1.29, 1.82) is 0 Å². The van der Waals surface area contributed by atoms with Crippen LogP contribution in [0.4, 0.5) is 5.69 Å². The highest BCUT2D eigenvalue weighted by atomic mass is 16.2. The largest absolute Gasteiger partial charge is 0.338 e. The molecule has 1 unspecified atom stereocenters. The molecule has 0 N–H and O–H groups in total. The lowest BCUT2D eigenvalue weighted by Gasteiger charge is -2.48. The summed E-state index contributed by atoms with van der Waals surface area (Å²) in [5, 5.41) is 0. The van der Waals surface area contributed by atoms with Crippen molar-refractivity contribution in [3.63, 3.8) is 0 Å². The van der Waals surface area contributed by atoms with Gasteiger partial charge in [0.2, 0.25) is 11.8 Å². The molecule has 0 aromatic heterocycles. The van der Waals surface area contributed by atoms with E-state index in [4.69, 9.17) is 0 Å². The number of nitrogens with zero attached hydrogens (tertiary/aromatic N) is 2. The van der Waals surface area contributed by atoms with E-state index in [0.717, 1.165) is 43.6 Å². The van der Waals surface area contributed by atoms with Crippen molar-refractivity contribution in [3.8, 4) is 0 Å². The van der Waals surface area contributed by atoms with Gasteiger partial charge in [-0.25, -0.2) is 0 Å². The zero-order chi connectivity index (χ0) is 21.3. The Morgan fingerprint density at radius 1 is 0.871 bits per heavy atom. The molecule has 5 rings (SSSR count). The number of fused-ring (bicyclic) bond motifs is 1. The van der Waals surface area contributed by atoms with Crippen LogP contribution in [0.15, 0.2) is 78.5 Å². The highest BCUT2D eigenvalue weighted by Gasteiger charge is 2.51. The summed E-state index contributed by atoms with van der Waals surface area (Å²) in [5.41, 5.74) is 3.74. The first-order valence-corrected chi connectivity index (χ1v) is 11.3. The number of allylic oxidation sites excluding steroid dienone is 1. The fraction of sp³-hybridized carbons (Fsp3) is 0.333. The van der Waals surface area contributed by atoms with E-state index >= 15 is 0 Å². The van der Waals surface area contributed by atoms with Gasteiger partial charge in [0.25, 0.3) is 0 Å². The van der Waals surface area contributed by atoms with Crippen LogP contribution in [0.3, 0.4) is 0 Å². The summed E-state index contributed by atoms with van der Waals surface area (Å²) in [6.45, 7) is 1.37. The Morgan fingerprint density at radius 2 is 1.61 bits per heavy atom. The Balaban J connectivity index is 1.44. The minimum Gasteiger partial charge on any atom is -0.338 e. The smallest absolute Gasteiger partial charge is 0.235 e. The molecule has 1 saturated heterocycles.